The molecule has 0 radical (unpaired) electrons. The van der Waals surface area contributed by atoms with Crippen molar-refractivity contribution < 1.29 is 4.79 Å². The molecule has 1 aliphatic carbocycles. The van der Waals surface area contributed by atoms with E-state index in [0.29, 0.717) is 12.0 Å². The van der Waals surface area contributed by atoms with Gasteiger partial charge in [-0.2, -0.15) is 0 Å². The van der Waals surface area contributed by atoms with Gasteiger partial charge in [-0.05, 0) is 24.7 Å². The normalized spacial score (nSPS) is 39.6. The number of carbonyl (C=O) groups excluding carboxylic acids is 1. The van der Waals surface area contributed by atoms with Crippen molar-refractivity contribution in [3.05, 3.63) is 0 Å². The van der Waals surface area contributed by atoms with Crippen LogP contribution in [0.15, 0.2) is 0 Å². The van der Waals surface area contributed by atoms with E-state index in [9.17, 15) is 4.79 Å². The van der Waals surface area contributed by atoms with Crippen molar-refractivity contribution in [3.8, 4) is 0 Å². The van der Waals surface area contributed by atoms with Crippen LogP contribution in [0.25, 0.3) is 0 Å². The van der Waals surface area contributed by atoms with Crippen molar-refractivity contribution in [2.24, 2.45) is 11.8 Å². The Balaban J connectivity index is 1.82. The number of rotatable bonds is 2. The van der Waals surface area contributed by atoms with Gasteiger partial charge in [-0.3, -0.25) is 4.79 Å². The Labute approximate surface area is 97.6 Å². The summed E-state index contributed by atoms with van der Waals surface area (Å²) in [5.74, 6) is 1.52. The second-order valence-electron chi connectivity index (χ2n) is 5.24. The molecule has 1 aliphatic heterocycles. The van der Waals surface area contributed by atoms with Crippen LogP contribution in [0.3, 0.4) is 0 Å². The van der Waals surface area contributed by atoms with Gasteiger partial charge < -0.3 is 16.0 Å². The maximum atomic E-state index is 12.0. The average molecular weight is 225 g/mol. The third kappa shape index (κ3) is 2.55. The first-order valence-corrected chi connectivity index (χ1v) is 6.43. The predicted octanol–water partition coefficient (Wildman–Crippen LogP) is 0.0986. The fraction of sp³-hybridized carbons (Fsp3) is 0.917. The van der Waals surface area contributed by atoms with Crippen LogP contribution in [0.5, 0.6) is 0 Å². The van der Waals surface area contributed by atoms with Gasteiger partial charge in [0.05, 0.1) is 6.04 Å². The van der Waals surface area contributed by atoms with Crippen LogP contribution in [-0.2, 0) is 4.79 Å². The van der Waals surface area contributed by atoms with Gasteiger partial charge in [-0.15, -0.1) is 0 Å². The Morgan fingerprint density at radius 2 is 2.06 bits per heavy atom. The summed E-state index contributed by atoms with van der Waals surface area (Å²) in [5, 5.41) is 9.67. The van der Waals surface area contributed by atoms with Crippen LogP contribution in [0, 0.1) is 11.8 Å². The van der Waals surface area contributed by atoms with Crippen LogP contribution in [-0.4, -0.2) is 37.6 Å². The Morgan fingerprint density at radius 3 is 2.62 bits per heavy atom. The summed E-state index contributed by atoms with van der Waals surface area (Å²) >= 11 is 0. The summed E-state index contributed by atoms with van der Waals surface area (Å²) < 4.78 is 0. The minimum absolute atomic E-state index is 0.0446. The molecule has 4 atom stereocenters. The van der Waals surface area contributed by atoms with E-state index in [2.05, 4.69) is 29.8 Å². The monoisotopic (exact) mass is 225 g/mol. The van der Waals surface area contributed by atoms with Gasteiger partial charge in [0.25, 0.3) is 0 Å². The lowest BCUT2D eigenvalue weighted by Crippen LogP contribution is -2.57. The van der Waals surface area contributed by atoms with Crippen LogP contribution >= 0.6 is 0 Å². The van der Waals surface area contributed by atoms with Crippen LogP contribution in [0.1, 0.15) is 26.7 Å². The highest BCUT2D eigenvalue weighted by atomic mass is 16.2. The van der Waals surface area contributed by atoms with Gasteiger partial charge in [-0.1, -0.05) is 13.8 Å². The van der Waals surface area contributed by atoms with Crippen molar-refractivity contribution in [2.45, 2.75) is 38.8 Å². The lowest BCUT2D eigenvalue weighted by molar-refractivity contribution is -0.124. The highest BCUT2D eigenvalue weighted by Crippen LogP contribution is 2.30. The Kier molecular flexibility index (Phi) is 3.82. The molecule has 92 valence electrons. The van der Waals surface area contributed by atoms with E-state index in [1.54, 1.807) is 0 Å². The van der Waals surface area contributed by atoms with E-state index >= 15 is 0 Å². The highest BCUT2D eigenvalue weighted by molar-refractivity contribution is 5.82. The number of hydrogen-bond donors (Lipinski definition) is 3. The van der Waals surface area contributed by atoms with E-state index in [1.807, 2.05) is 0 Å². The van der Waals surface area contributed by atoms with E-state index in [1.165, 1.54) is 6.42 Å². The topological polar surface area (TPSA) is 53.2 Å². The number of amides is 1. The van der Waals surface area contributed by atoms with Crippen molar-refractivity contribution in [2.75, 3.05) is 19.6 Å². The summed E-state index contributed by atoms with van der Waals surface area (Å²) in [4.78, 5) is 12.0. The minimum Gasteiger partial charge on any atom is -0.352 e. The van der Waals surface area contributed by atoms with Gasteiger partial charge in [0.1, 0.15) is 0 Å². The van der Waals surface area contributed by atoms with Crippen molar-refractivity contribution >= 4 is 5.91 Å². The first-order valence-electron chi connectivity index (χ1n) is 6.43. The molecule has 1 amide bonds. The first kappa shape index (κ1) is 11.9. The molecule has 2 fully saturated rings. The van der Waals surface area contributed by atoms with Crippen molar-refractivity contribution in [1.82, 2.24) is 16.0 Å². The highest BCUT2D eigenvalue weighted by Gasteiger charge is 2.32. The van der Waals surface area contributed by atoms with Gasteiger partial charge in [0.15, 0.2) is 0 Å². The molecule has 0 aromatic rings. The summed E-state index contributed by atoms with van der Waals surface area (Å²) in [6.07, 6.45) is 2.37. The molecule has 1 heterocycles. The third-order valence-corrected chi connectivity index (χ3v) is 4.15. The van der Waals surface area contributed by atoms with E-state index in [0.717, 1.165) is 32.0 Å². The van der Waals surface area contributed by atoms with Crippen molar-refractivity contribution in [3.63, 3.8) is 0 Å². The number of nitrogens with one attached hydrogen (secondary N) is 3. The van der Waals surface area contributed by atoms with Gasteiger partial charge in [0.2, 0.25) is 5.91 Å². The summed E-state index contributed by atoms with van der Waals surface area (Å²) in [6.45, 7) is 7.12. The largest absolute Gasteiger partial charge is 0.352 e. The van der Waals surface area contributed by atoms with E-state index in [4.69, 9.17) is 0 Å². The third-order valence-electron chi connectivity index (χ3n) is 4.15. The zero-order valence-corrected chi connectivity index (χ0v) is 10.3. The molecule has 0 bridgehead atoms. The predicted molar refractivity (Wildman–Crippen MR) is 64.2 cm³/mol. The summed E-state index contributed by atoms with van der Waals surface area (Å²) in [7, 11) is 0. The molecule has 4 heteroatoms. The molecule has 1 saturated carbocycles. The molecule has 16 heavy (non-hydrogen) atoms. The Morgan fingerprint density at radius 1 is 1.25 bits per heavy atom. The zero-order chi connectivity index (χ0) is 11.5. The van der Waals surface area contributed by atoms with Crippen molar-refractivity contribution in [1.29, 1.82) is 0 Å². The minimum atomic E-state index is -0.0446. The molecule has 4 nitrogen and oxygen atoms in total. The molecule has 0 aromatic heterocycles. The SMILES string of the molecule is CC1CCC(NC(=O)C2CNCCN2)C1C. The van der Waals surface area contributed by atoms with Crippen LogP contribution in [0.4, 0.5) is 0 Å². The van der Waals surface area contributed by atoms with Gasteiger partial charge in [-0.25, -0.2) is 0 Å². The molecule has 2 aliphatic rings. The second-order valence-corrected chi connectivity index (χ2v) is 5.24. The lowest BCUT2D eigenvalue weighted by Gasteiger charge is -2.27. The van der Waals surface area contributed by atoms with Gasteiger partial charge in [0, 0.05) is 25.7 Å². The quantitative estimate of drug-likeness (QED) is 0.625. The van der Waals surface area contributed by atoms with E-state index in [-0.39, 0.29) is 11.9 Å². The number of hydrogen-bond acceptors (Lipinski definition) is 3. The molecule has 0 spiro atoms. The first-order chi connectivity index (χ1) is 7.68. The maximum absolute atomic E-state index is 12.0. The molecule has 4 unspecified atom stereocenters. The fourth-order valence-corrected chi connectivity index (χ4v) is 2.69. The number of piperazine rings is 1. The fourth-order valence-electron chi connectivity index (χ4n) is 2.69. The number of carbonyl (C=O) groups is 1. The van der Waals surface area contributed by atoms with Crippen LogP contribution in [0.2, 0.25) is 0 Å². The standard InChI is InChI=1S/C12H23N3O/c1-8-3-4-10(9(8)2)15-12(16)11-7-13-5-6-14-11/h8-11,13-14H,3-7H2,1-2H3,(H,15,16). The Bertz CT molecular complexity index is 251. The Hall–Kier alpha value is -0.610. The average Bonchev–Trinajstić information content (AvgIpc) is 2.62. The lowest BCUT2D eigenvalue weighted by atomic mass is 9.97. The zero-order valence-electron chi connectivity index (χ0n) is 10.3. The molecule has 0 aromatic carbocycles. The molecular weight excluding hydrogens is 202 g/mol. The second kappa shape index (κ2) is 5.15. The molecular formula is C12H23N3O. The van der Waals surface area contributed by atoms with Gasteiger partial charge >= 0.3 is 0 Å². The molecule has 3 N–H and O–H groups in total. The molecule has 1 saturated heterocycles. The van der Waals surface area contributed by atoms with E-state index < -0.39 is 0 Å². The smallest absolute Gasteiger partial charge is 0.238 e. The van der Waals surface area contributed by atoms with Crippen LogP contribution < -0.4 is 16.0 Å². The molecule has 2 rings (SSSR count). The maximum Gasteiger partial charge on any atom is 0.238 e. The summed E-state index contributed by atoms with van der Waals surface area (Å²) in [6, 6.07) is 0.336. The summed E-state index contributed by atoms with van der Waals surface area (Å²) in [5.41, 5.74) is 0.